The number of amides is 3. The minimum Gasteiger partial charge on any atom is -0.394 e. The van der Waals surface area contributed by atoms with Gasteiger partial charge in [0.1, 0.15) is 11.6 Å². The molecule has 238 valence electrons. The van der Waals surface area contributed by atoms with Gasteiger partial charge in [0, 0.05) is 25.3 Å². The topological polar surface area (TPSA) is 90.4 Å². The quantitative estimate of drug-likeness (QED) is 0.442. The van der Waals surface area contributed by atoms with E-state index in [9.17, 15) is 19.5 Å². The molecular weight excluding hydrogens is 566 g/mol. The molecule has 8 heteroatoms. The van der Waals surface area contributed by atoms with Crippen molar-refractivity contribution >= 4 is 23.4 Å². The number of benzene rings is 2. The number of aryl methyl sites for hydroxylation is 2. The molecule has 4 aliphatic rings. The summed E-state index contributed by atoms with van der Waals surface area (Å²) in [5.41, 5.74) is 1.32. The van der Waals surface area contributed by atoms with Gasteiger partial charge >= 0.3 is 0 Å². The molecule has 0 aliphatic carbocycles. The third-order valence-electron chi connectivity index (χ3n) is 10.7. The van der Waals surface area contributed by atoms with Crippen LogP contribution in [0.1, 0.15) is 50.3 Å². The number of aliphatic hydroxyl groups excluding tert-OH is 1. The Kier molecular flexibility index (Phi) is 8.25. The standard InChI is InChI=1S/C37H45N3O5/c1-6-25(4)29(23-41)40-32-35(44)39(28-21-24(3)15-16-26(28)5)20-12-18-37(32)31(34(40)43)30-33(42)38(22-27-13-9-8-10-14-27)19-11-17-36(30,7-2)45-37/h8-18,21,25,29-32,41H,6-7,19-20,22-23H2,1-5H3/t25-,29-,30+,31-,32?,36-,37-/m0/s1. The number of fused-ring (bicyclic) bond motifs is 2. The number of hydrogen-bond donors (Lipinski definition) is 1. The molecule has 7 atom stereocenters. The maximum absolute atomic E-state index is 15.0. The van der Waals surface area contributed by atoms with Gasteiger partial charge in [-0.2, -0.15) is 0 Å². The Morgan fingerprint density at radius 2 is 1.67 bits per heavy atom. The summed E-state index contributed by atoms with van der Waals surface area (Å²) in [7, 11) is 0. The monoisotopic (exact) mass is 611 g/mol. The van der Waals surface area contributed by atoms with Gasteiger partial charge in [-0.1, -0.05) is 94.0 Å². The van der Waals surface area contributed by atoms with Crippen LogP contribution in [0.3, 0.4) is 0 Å². The van der Waals surface area contributed by atoms with E-state index in [1.165, 1.54) is 0 Å². The van der Waals surface area contributed by atoms with Gasteiger partial charge in [0.15, 0.2) is 0 Å². The molecule has 2 aromatic rings. The zero-order valence-corrected chi connectivity index (χ0v) is 27.0. The van der Waals surface area contributed by atoms with Crippen LogP contribution in [-0.2, 0) is 25.7 Å². The Morgan fingerprint density at radius 1 is 0.933 bits per heavy atom. The highest BCUT2D eigenvalue weighted by atomic mass is 16.5. The van der Waals surface area contributed by atoms with Crippen LogP contribution in [0.2, 0.25) is 0 Å². The Hall–Kier alpha value is -3.75. The van der Waals surface area contributed by atoms with E-state index in [1.54, 1.807) is 14.7 Å². The van der Waals surface area contributed by atoms with E-state index in [0.717, 1.165) is 22.4 Å². The predicted molar refractivity (Wildman–Crippen MR) is 173 cm³/mol. The normalized spacial score (nSPS) is 30.6. The SMILES string of the molecule is CC[C@H](C)[C@H](CO)N1C(=O)[C@@H]2[C@@H]3C(=O)N(Cc4ccccc4)CC=C[C@]3(CC)O[C@@]23C=CCN(c2cc(C)ccc2C)C(=O)C13. The van der Waals surface area contributed by atoms with Crippen LogP contribution in [-0.4, -0.2) is 75.6 Å². The van der Waals surface area contributed by atoms with Gasteiger partial charge < -0.3 is 24.5 Å². The van der Waals surface area contributed by atoms with Gasteiger partial charge in [-0.15, -0.1) is 0 Å². The average molecular weight is 612 g/mol. The highest BCUT2D eigenvalue weighted by Crippen LogP contribution is 2.59. The van der Waals surface area contributed by atoms with E-state index < -0.39 is 35.1 Å². The molecule has 2 saturated heterocycles. The number of aliphatic hydroxyl groups is 1. The number of rotatable bonds is 8. The fraction of sp³-hybridized carbons (Fsp3) is 0.486. The molecule has 6 rings (SSSR count). The van der Waals surface area contributed by atoms with Crippen LogP contribution < -0.4 is 4.90 Å². The van der Waals surface area contributed by atoms with E-state index >= 15 is 0 Å². The molecule has 3 amide bonds. The number of carbonyl (C=O) groups excluding carboxylic acids is 3. The summed E-state index contributed by atoms with van der Waals surface area (Å²) in [5.74, 6) is -2.55. The molecule has 0 bridgehead atoms. The molecule has 4 heterocycles. The van der Waals surface area contributed by atoms with Crippen molar-refractivity contribution in [1.29, 1.82) is 0 Å². The third-order valence-corrected chi connectivity index (χ3v) is 10.7. The highest BCUT2D eigenvalue weighted by Gasteiger charge is 2.76. The number of likely N-dealkylation sites (tertiary alicyclic amines) is 1. The van der Waals surface area contributed by atoms with Crippen molar-refractivity contribution < 1.29 is 24.2 Å². The van der Waals surface area contributed by atoms with Crippen LogP contribution in [0.15, 0.2) is 72.8 Å². The fourth-order valence-corrected chi connectivity index (χ4v) is 8.09. The molecule has 2 fully saturated rings. The summed E-state index contributed by atoms with van der Waals surface area (Å²) in [6, 6.07) is 14.2. The molecule has 4 aliphatic heterocycles. The number of anilines is 1. The van der Waals surface area contributed by atoms with Gasteiger partial charge in [0.05, 0.1) is 30.1 Å². The molecule has 1 N–H and O–H groups in total. The Labute approximate surface area is 266 Å². The van der Waals surface area contributed by atoms with Crippen LogP contribution in [0.4, 0.5) is 5.69 Å². The molecule has 1 spiro atoms. The minimum atomic E-state index is -1.38. The first-order valence-electron chi connectivity index (χ1n) is 16.3. The molecule has 45 heavy (non-hydrogen) atoms. The molecule has 8 nitrogen and oxygen atoms in total. The second-order valence-electron chi connectivity index (χ2n) is 13.3. The third kappa shape index (κ3) is 4.84. The average Bonchev–Trinajstić information content (AvgIpc) is 3.34. The van der Waals surface area contributed by atoms with E-state index in [-0.39, 0.29) is 30.2 Å². The van der Waals surface area contributed by atoms with Crippen molar-refractivity contribution in [3.63, 3.8) is 0 Å². The second kappa shape index (κ2) is 11.9. The Balaban J connectivity index is 1.51. The molecule has 0 radical (unpaired) electrons. The van der Waals surface area contributed by atoms with Gasteiger partial charge in [0.2, 0.25) is 11.8 Å². The van der Waals surface area contributed by atoms with Crippen molar-refractivity contribution in [3.05, 3.63) is 89.5 Å². The smallest absolute Gasteiger partial charge is 0.253 e. The molecule has 0 saturated carbocycles. The maximum Gasteiger partial charge on any atom is 0.253 e. The van der Waals surface area contributed by atoms with Crippen molar-refractivity contribution in [2.24, 2.45) is 17.8 Å². The lowest BCUT2D eigenvalue weighted by molar-refractivity contribution is -0.154. The van der Waals surface area contributed by atoms with E-state index in [0.29, 0.717) is 32.5 Å². The maximum atomic E-state index is 15.0. The molecular formula is C37H45N3O5. The number of carbonyl (C=O) groups is 3. The van der Waals surface area contributed by atoms with Crippen molar-refractivity contribution in [1.82, 2.24) is 9.80 Å². The lowest BCUT2D eigenvalue weighted by Crippen LogP contribution is -2.60. The number of hydrogen-bond acceptors (Lipinski definition) is 5. The molecule has 0 aromatic heterocycles. The zero-order valence-electron chi connectivity index (χ0n) is 27.0. The van der Waals surface area contributed by atoms with Crippen LogP contribution >= 0.6 is 0 Å². The second-order valence-corrected chi connectivity index (χ2v) is 13.3. The van der Waals surface area contributed by atoms with E-state index in [1.807, 2.05) is 107 Å². The van der Waals surface area contributed by atoms with Gasteiger partial charge in [-0.25, -0.2) is 0 Å². The van der Waals surface area contributed by atoms with Gasteiger partial charge in [-0.05, 0) is 48.9 Å². The van der Waals surface area contributed by atoms with Crippen molar-refractivity contribution in [3.8, 4) is 0 Å². The van der Waals surface area contributed by atoms with Crippen molar-refractivity contribution in [2.45, 2.75) is 77.3 Å². The van der Waals surface area contributed by atoms with Crippen LogP contribution in [0.5, 0.6) is 0 Å². The summed E-state index contributed by atoms with van der Waals surface area (Å²) >= 11 is 0. The number of nitrogens with zero attached hydrogens (tertiary/aromatic N) is 3. The predicted octanol–water partition coefficient (Wildman–Crippen LogP) is 4.57. The summed E-state index contributed by atoms with van der Waals surface area (Å²) in [4.78, 5) is 49.8. The molecule has 2 aromatic carbocycles. The Morgan fingerprint density at radius 3 is 2.36 bits per heavy atom. The zero-order chi connectivity index (χ0) is 32.1. The van der Waals surface area contributed by atoms with E-state index in [2.05, 4.69) is 0 Å². The first kappa shape index (κ1) is 31.2. The summed E-state index contributed by atoms with van der Waals surface area (Å²) in [5, 5.41) is 10.7. The van der Waals surface area contributed by atoms with Gasteiger partial charge in [-0.3, -0.25) is 14.4 Å². The lowest BCUT2D eigenvalue weighted by Gasteiger charge is -2.42. The van der Waals surface area contributed by atoms with Gasteiger partial charge in [0.25, 0.3) is 5.91 Å². The largest absolute Gasteiger partial charge is 0.394 e. The van der Waals surface area contributed by atoms with Crippen LogP contribution in [0.25, 0.3) is 0 Å². The molecule has 1 unspecified atom stereocenters. The van der Waals surface area contributed by atoms with Crippen LogP contribution in [0, 0.1) is 31.6 Å². The fourth-order valence-electron chi connectivity index (χ4n) is 8.09. The van der Waals surface area contributed by atoms with Crippen molar-refractivity contribution in [2.75, 3.05) is 24.6 Å². The first-order chi connectivity index (χ1) is 21.6. The summed E-state index contributed by atoms with van der Waals surface area (Å²) < 4.78 is 7.15. The number of ether oxygens (including phenoxy) is 1. The van der Waals surface area contributed by atoms with E-state index in [4.69, 9.17) is 4.74 Å². The first-order valence-corrected chi connectivity index (χ1v) is 16.3. The highest BCUT2D eigenvalue weighted by molar-refractivity contribution is 6.06. The summed E-state index contributed by atoms with van der Waals surface area (Å²) in [6.45, 7) is 10.8. The summed E-state index contributed by atoms with van der Waals surface area (Å²) in [6.07, 6.45) is 8.93. The lowest BCUT2D eigenvalue weighted by atomic mass is 9.73. The minimum absolute atomic E-state index is 0.0840. The Bertz CT molecular complexity index is 1540.